The Balaban J connectivity index is 0.00000208. The van der Waals surface area contributed by atoms with E-state index in [2.05, 4.69) is 4.98 Å². The molecule has 0 bridgehead atoms. The van der Waals surface area contributed by atoms with E-state index in [4.69, 9.17) is 5.73 Å². The molecule has 3 heterocycles. The molecule has 1 atom stereocenters. The molecule has 2 N–H and O–H groups in total. The molecule has 0 radical (unpaired) electrons. The number of rotatable bonds is 4. The fourth-order valence-electron chi connectivity index (χ4n) is 3.10. The van der Waals surface area contributed by atoms with E-state index in [1.54, 1.807) is 6.07 Å². The van der Waals surface area contributed by atoms with Crippen LogP contribution in [0, 0.1) is 5.92 Å². The Kier molecular flexibility index (Phi) is 6.37. The van der Waals surface area contributed by atoms with Crippen molar-refractivity contribution in [2.24, 2.45) is 11.7 Å². The minimum absolute atomic E-state index is 0. The van der Waals surface area contributed by atoms with E-state index in [1.807, 2.05) is 17.2 Å². The summed E-state index contributed by atoms with van der Waals surface area (Å²) in [6.45, 7) is 3.94. The van der Waals surface area contributed by atoms with Crippen LogP contribution in [0.3, 0.4) is 0 Å². The number of fused-ring (bicyclic) bond motifs is 1. The van der Waals surface area contributed by atoms with E-state index in [1.165, 1.54) is 22.2 Å². The fourth-order valence-corrected chi connectivity index (χ4v) is 3.82. The van der Waals surface area contributed by atoms with Crippen molar-refractivity contribution in [2.75, 3.05) is 13.1 Å². The number of carbonyl (C=O) groups excluding carboxylic acids is 1. The number of piperidine rings is 1. The number of aryl methyl sites for hydroxylation is 1. The zero-order chi connectivity index (χ0) is 16.4. The quantitative estimate of drug-likeness (QED) is 0.890. The van der Waals surface area contributed by atoms with Gasteiger partial charge in [-0.1, -0.05) is 0 Å². The summed E-state index contributed by atoms with van der Waals surface area (Å²) in [5.74, 6) is 0.609. The van der Waals surface area contributed by atoms with E-state index < -0.39 is 0 Å². The minimum atomic E-state index is -0.0697. The number of aromatic nitrogens is 2. The van der Waals surface area contributed by atoms with Gasteiger partial charge in [0.05, 0.1) is 11.7 Å². The van der Waals surface area contributed by atoms with Crippen molar-refractivity contribution in [1.29, 1.82) is 0 Å². The lowest BCUT2D eigenvalue weighted by Crippen LogP contribution is -2.42. The van der Waals surface area contributed by atoms with Gasteiger partial charge in [0.2, 0.25) is 5.91 Å². The molecule has 1 fully saturated rings. The van der Waals surface area contributed by atoms with Crippen LogP contribution in [0.4, 0.5) is 0 Å². The first-order chi connectivity index (χ1) is 11.1. The van der Waals surface area contributed by atoms with Crippen molar-refractivity contribution in [2.45, 2.75) is 38.8 Å². The number of amides is 1. The van der Waals surface area contributed by atoms with Gasteiger partial charge in [0.15, 0.2) is 0 Å². The molecule has 0 aliphatic carbocycles. The highest BCUT2D eigenvalue weighted by atomic mass is 35.5. The first kappa shape index (κ1) is 18.9. The Hall–Kier alpha value is -1.44. The van der Waals surface area contributed by atoms with Crippen LogP contribution in [0.2, 0.25) is 0 Å². The molecular weight excluding hydrogens is 348 g/mol. The number of nitrogens with zero attached hydrogens (tertiary/aromatic N) is 3. The molecule has 24 heavy (non-hydrogen) atoms. The van der Waals surface area contributed by atoms with Crippen molar-refractivity contribution in [3.8, 4) is 0 Å². The largest absolute Gasteiger partial charge is 0.343 e. The Morgan fingerprint density at radius 3 is 2.83 bits per heavy atom. The standard InChI is InChI=1S/C16H22N4O2S.ClH/c1-11(17)12-2-6-19(7-3-12)14(21)4-8-20-10-18-15-13(16(20)22)5-9-23-15;/h5,9-12H,2-4,6-8,17H2,1H3;1H. The topological polar surface area (TPSA) is 81.2 Å². The highest BCUT2D eigenvalue weighted by Gasteiger charge is 2.24. The lowest BCUT2D eigenvalue weighted by atomic mass is 9.91. The Morgan fingerprint density at radius 2 is 2.17 bits per heavy atom. The van der Waals surface area contributed by atoms with Gasteiger partial charge in [-0.05, 0) is 37.1 Å². The van der Waals surface area contributed by atoms with E-state index in [-0.39, 0.29) is 29.9 Å². The number of hydrogen-bond acceptors (Lipinski definition) is 5. The maximum atomic E-state index is 12.3. The summed E-state index contributed by atoms with van der Waals surface area (Å²) in [5, 5.41) is 2.49. The molecule has 1 aliphatic heterocycles. The fraction of sp³-hybridized carbons (Fsp3) is 0.562. The third-order valence-corrected chi connectivity index (χ3v) is 5.47. The summed E-state index contributed by atoms with van der Waals surface area (Å²) in [4.78, 5) is 31.5. The smallest absolute Gasteiger partial charge is 0.262 e. The summed E-state index contributed by atoms with van der Waals surface area (Å²) in [5.41, 5.74) is 5.86. The molecule has 1 aliphatic rings. The van der Waals surface area contributed by atoms with Crippen LogP contribution in [0.25, 0.3) is 10.2 Å². The zero-order valence-corrected chi connectivity index (χ0v) is 15.3. The number of hydrogen-bond donors (Lipinski definition) is 1. The Labute approximate surface area is 151 Å². The monoisotopic (exact) mass is 370 g/mol. The van der Waals surface area contributed by atoms with Gasteiger partial charge in [0.1, 0.15) is 4.83 Å². The number of likely N-dealkylation sites (tertiary alicyclic amines) is 1. The minimum Gasteiger partial charge on any atom is -0.343 e. The van der Waals surface area contributed by atoms with Crippen molar-refractivity contribution < 1.29 is 4.79 Å². The van der Waals surface area contributed by atoms with Crippen LogP contribution < -0.4 is 11.3 Å². The van der Waals surface area contributed by atoms with Crippen LogP contribution in [0.1, 0.15) is 26.2 Å². The first-order valence-electron chi connectivity index (χ1n) is 8.02. The summed E-state index contributed by atoms with van der Waals surface area (Å²) in [6, 6.07) is 1.97. The van der Waals surface area contributed by atoms with Crippen LogP contribution in [0.5, 0.6) is 0 Å². The van der Waals surface area contributed by atoms with E-state index in [9.17, 15) is 9.59 Å². The second-order valence-corrected chi connectivity index (χ2v) is 7.10. The van der Waals surface area contributed by atoms with Gasteiger partial charge >= 0.3 is 0 Å². The average Bonchev–Trinajstić information content (AvgIpc) is 3.03. The molecule has 1 saturated heterocycles. The summed E-state index contributed by atoms with van der Waals surface area (Å²) < 4.78 is 1.53. The van der Waals surface area contributed by atoms with Gasteiger partial charge in [0, 0.05) is 32.1 Å². The van der Waals surface area contributed by atoms with Gasteiger partial charge in [-0.3, -0.25) is 14.2 Å². The second-order valence-electron chi connectivity index (χ2n) is 6.21. The van der Waals surface area contributed by atoms with Crippen molar-refractivity contribution >= 4 is 39.9 Å². The summed E-state index contributed by atoms with van der Waals surface area (Å²) >= 11 is 1.45. The predicted octanol–water partition coefficient (Wildman–Crippen LogP) is 1.86. The third kappa shape index (κ3) is 3.96. The number of nitrogens with two attached hydrogens (primary N) is 1. The van der Waals surface area contributed by atoms with Crippen molar-refractivity contribution in [3.63, 3.8) is 0 Å². The first-order valence-corrected chi connectivity index (χ1v) is 8.90. The molecule has 8 heteroatoms. The lowest BCUT2D eigenvalue weighted by Gasteiger charge is -2.33. The molecule has 3 rings (SSSR count). The molecule has 1 unspecified atom stereocenters. The lowest BCUT2D eigenvalue weighted by molar-refractivity contribution is -0.132. The normalized spacial score (nSPS) is 16.8. The van der Waals surface area contributed by atoms with Crippen molar-refractivity contribution in [3.05, 3.63) is 28.1 Å². The van der Waals surface area contributed by atoms with Gasteiger partial charge in [0.25, 0.3) is 5.56 Å². The van der Waals surface area contributed by atoms with Crippen LogP contribution >= 0.6 is 23.7 Å². The molecule has 0 spiro atoms. The van der Waals surface area contributed by atoms with Gasteiger partial charge in [-0.2, -0.15) is 0 Å². The molecular formula is C16H23ClN4O2S. The summed E-state index contributed by atoms with van der Waals surface area (Å²) in [7, 11) is 0. The molecule has 1 amide bonds. The number of halogens is 1. The molecule has 6 nitrogen and oxygen atoms in total. The van der Waals surface area contributed by atoms with Crippen LogP contribution in [-0.2, 0) is 11.3 Å². The van der Waals surface area contributed by atoms with E-state index >= 15 is 0 Å². The van der Waals surface area contributed by atoms with E-state index in [0.29, 0.717) is 24.3 Å². The highest BCUT2D eigenvalue weighted by Crippen LogP contribution is 2.20. The molecule has 0 aromatic carbocycles. The Morgan fingerprint density at radius 1 is 1.46 bits per heavy atom. The van der Waals surface area contributed by atoms with Crippen LogP contribution in [0.15, 0.2) is 22.6 Å². The SMILES string of the molecule is CC(N)C1CCN(C(=O)CCn2cnc3sccc3c2=O)CC1.Cl. The number of carbonyl (C=O) groups is 1. The summed E-state index contributed by atoms with van der Waals surface area (Å²) in [6.07, 6.45) is 3.80. The van der Waals surface area contributed by atoms with E-state index in [0.717, 1.165) is 30.8 Å². The molecule has 2 aromatic heterocycles. The Bertz CT molecular complexity index is 750. The zero-order valence-electron chi connectivity index (χ0n) is 13.7. The van der Waals surface area contributed by atoms with Crippen LogP contribution in [-0.4, -0.2) is 39.5 Å². The average molecular weight is 371 g/mol. The van der Waals surface area contributed by atoms with Gasteiger partial charge in [-0.25, -0.2) is 4.98 Å². The second kappa shape index (κ2) is 8.09. The number of thiophene rings is 1. The maximum absolute atomic E-state index is 12.3. The van der Waals surface area contributed by atoms with Gasteiger partial charge < -0.3 is 10.6 Å². The third-order valence-electron chi connectivity index (χ3n) is 4.65. The predicted molar refractivity (Wildman–Crippen MR) is 98.7 cm³/mol. The van der Waals surface area contributed by atoms with Gasteiger partial charge in [-0.15, -0.1) is 23.7 Å². The highest BCUT2D eigenvalue weighted by molar-refractivity contribution is 7.16. The van der Waals surface area contributed by atoms with Crippen molar-refractivity contribution in [1.82, 2.24) is 14.5 Å². The molecule has 2 aromatic rings. The molecule has 0 saturated carbocycles. The molecule has 132 valence electrons. The maximum Gasteiger partial charge on any atom is 0.262 e.